The summed E-state index contributed by atoms with van der Waals surface area (Å²) in [5.41, 5.74) is 5.04. The zero-order valence-corrected chi connectivity index (χ0v) is 12.1. The number of hydrogen-bond acceptors (Lipinski definition) is 2. The number of likely N-dealkylation sites (tertiary alicyclic amines) is 1. The van der Waals surface area contributed by atoms with Gasteiger partial charge in [-0.2, -0.15) is 8.78 Å². The predicted octanol–water partition coefficient (Wildman–Crippen LogP) is 2.50. The Morgan fingerprint density at radius 3 is 2.43 bits per heavy atom. The number of alkyl halides is 2. The van der Waals surface area contributed by atoms with Crippen LogP contribution in [0.1, 0.15) is 25.8 Å². The van der Waals surface area contributed by atoms with E-state index in [2.05, 4.69) is 0 Å². The smallest absolute Gasteiger partial charge is 0.337 e. The molecule has 1 saturated heterocycles. The van der Waals surface area contributed by atoms with Gasteiger partial charge in [0.05, 0.1) is 0 Å². The topological polar surface area (TPSA) is 46.3 Å². The average molecular weight is 300 g/mol. The molecular formula is C15H19F3N2O. The number of hydrogen-bond donors (Lipinski definition) is 1. The molecule has 2 rings (SSSR count). The first kappa shape index (κ1) is 15.8. The van der Waals surface area contributed by atoms with Crippen LogP contribution in [0.4, 0.5) is 13.2 Å². The Balaban J connectivity index is 2.20. The quantitative estimate of drug-likeness (QED) is 0.912. The van der Waals surface area contributed by atoms with Crippen LogP contribution in [0.3, 0.4) is 0 Å². The van der Waals surface area contributed by atoms with Gasteiger partial charge in [-0.15, -0.1) is 0 Å². The van der Waals surface area contributed by atoms with Gasteiger partial charge < -0.3 is 10.6 Å². The standard InChI is InChI=1S/C15H19F3N2O/c1-14(2)9-20(8-7-12(14)19)13(21)15(17,18)10-3-5-11(16)6-4-10/h3-6,12H,7-9,19H2,1-2H3. The molecule has 1 atom stereocenters. The summed E-state index contributed by atoms with van der Waals surface area (Å²) >= 11 is 0. The summed E-state index contributed by atoms with van der Waals surface area (Å²) in [5, 5.41) is 0. The van der Waals surface area contributed by atoms with Gasteiger partial charge in [0.1, 0.15) is 5.82 Å². The van der Waals surface area contributed by atoms with Gasteiger partial charge in [-0.3, -0.25) is 4.79 Å². The molecule has 0 aliphatic carbocycles. The van der Waals surface area contributed by atoms with Crippen LogP contribution in [0.5, 0.6) is 0 Å². The van der Waals surface area contributed by atoms with Crippen LogP contribution in [-0.4, -0.2) is 29.9 Å². The maximum Gasteiger partial charge on any atom is 0.349 e. The minimum absolute atomic E-state index is 0.124. The van der Waals surface area contributed by atoms with Gasteiger partial charge in [0, 0.05) is 24.7 Å². The van der Waals surface area contributed by atoms with E-state index in [0.717, 1.165) is 29.2 Å². The lowest BCUT2D eigenvalue weighted by Gasteiger charge is -2.43. The van der Waals surface area contributed by atoms with Gasteiger partial charge in [-0.25, -0.2) is 4.39 Å². The van der Waals surface area contributed by atoms with Gasteiger partial charge in [0.2, 0.25) is 0 Å². The normalized spacial score (nSPS) is 22.2. The SMILES string of the molecule is CC1(C)CN(C(=O)C(F)(F)c2ccc(F)cc2)CCC1N. The number of nitrogens with two attached hydrogens (primary N) is 1. The third-order valence-corrected chi connectivity index (χ3v) is 4.07. The van der Waals surface area contributed by atoms with Crippen molar-refractivity contribution < 1.29 is 18.0 Å². The molecule has 0 saturated carbocycles. The van der Waals surface area contributed by atoms with Crippen LogP contribution >= 0.6 is 0 Å². The van der Waals surface area contributed by atoms with Crippen molar-refractivity contribution in [3.05, 3.63) is 35.6 Å². The van der Waals surface area contributed by atoms with E-state index >= 15 is 0 Å². The van der Waals surface area contributed by atoms with Gasteiger partial charge in [0.25, 0.3) is 5.91 Å². The first-order chi connectivity index (χ1) is 9.64. The number of carbonyl (C=O) groups is 1. The molecule has 6 heteroatoms. The summed E-state index contributed by atoms with van der Waals surface area (Å²) in [5.74, 6) is -5.54. The van der Waals surface area contributed by atoms with Gasteiger partial charge in [-0.05, 0) is 36.1 Å². The van der Waals surface area contributed by atoms with E-state index in [-0.39, 0.29) is 19.1 Å². The van der Waals surface area contributed by atoms with Gasteiger partial charge in [0.15, 0.2) is 0 Å². The molecule has 1 aliphatic rings. The van der Waals surface area contributed by atoms with Gasteiger partial charge in [-0.1, -0.05) is 13.8 Å². The van der Waals surface area contributed by atoms with Crippen molar-refractivity contribution in [2.45, 2.75) is 32.2 Å². The monoisotopic (exact) mass is 300 g/mol. The van der Waals surface area contributed by atoms with Crippen molar-refractivity contribution in [1.29, 1.82) is 0 Å². The molecule has 1 unspecified atom stereocenters. The number of carbonyl (C=O) groups excluding carboxylic acids is 1. The van der Waals surface area contributed by atoms with Crippen molar-refractivity contribution in [2.75, 3.05) is 13.1 Å². The third-order valence-electron chi connectivity index (χ3n) is 4.07. The minimum Gasteiger partial charge on any atom is -0.337 e. The van der Waals surface area contributed by atoms with Crippen molar-refractivity contribution in [2.24, 2.45) is 11.1 Å². The van der Waals surface area contributed by atoms with E-state index < -0.39 is 28.6 Å². The fourth-order valence-electron chi connectivity index (χ4n) is 2.53. The Bertz CT molecular complexity index is 528. The predicted molar refractivity (Wildman–Crippen MR) is 73.2 cm³/mol. The maximum absolute atomic E-state index is 14.3. The number of amides is 1. The van der Waals surface area contributed by atoms with Crippen LogP contribution in [0.2, 0.25) is 0 Å². The number of halogens is 3. The summed E-state index contributed by atoms with van der Waals surface area (Å²) in [7, 11) is 0. The fourth-order valence-corrected chi connectivity index (χ4v) is 2.53. The molecule has 1 aromatic carbocycles. The lowest BCUT2D eigenvalue weighted by molar-refractivity contribution is -0.162. The van der Waals surface area contributed by atoms with E-state index in [1.54, 1.807) is 0 Å². The number of benzene rings is 1. The minimum atomic E-state index is -3.66. The molecule has 3 nitrogen and oxygen atoms in total. The molecule has 1 heterocycles. The van der Waals surface area contributed by atoms with E-state index in [4.69, 9.17) is 5.73 Å². The van der Waals surface area contributed by atoms with E-state index in [9.17, 15) is 18.0 Å². The summed E-state index contributed by atoms with van der Waals surface area (Å²) in [6, 6.07) is 3.60. The van der Waals surface area contributed by atoms with Crippen molar-refractivity contribution in [3.8, 4) is 0 Å². The van der Waals surface area contributed by atoms with Crippen molar-refractivity contribution in [3.63, 3.8) is 0 Å². The first-order valence-corrected chi connectivity index (χ1v) is 6.83. The molecule has 21 heavy (non-hydrogen) atoms. The van der Waals surface area contributed by atoms with Crippen LogP contribution in [0, 0.1) is 11.2 Å². The molecule has 1 amide bonds. The summed E-state index contributed by atoms with van der Waals surface area (Å²) < 4.78 is 41.4. The average Bonchev–Trinajstić information content (AvgIpc) is 2.41. The summed E-state index contributed by atoms with van der Waals surface area (Å²) in [6.45, 7) is 4.10. The Kier molecular flexibility index (Phi) is 4.02. The van der Waals surface area contributed by atoms with E-state index in [1.165, 1.54) is 0 Å². The first-order valence-electron chi connectivity index (χ1n) is 6.83. The Morgan fingerprint density at radius 1 is 1.33 bits per heavy atom. The van der Waals surface area contributed by atoms with E-state index in [0.29, 0.717) is 6.42 Å². The fraction of sp³-hybridized carbons (Fsp3) is 0.533. The molecule has 0 bridgehead atoms. The lowest BCUT2D eigenvalue weighted by atomic mass is 9.79. The molecule has 0 spiro atoms. The number of rotatable bonds is 2. The van der Waals surface area contributed by atoms with Crippen molar-refractivity contribution in [1.82, 2.24) is 4.90 Å². The third kappa shape index (κ3) is 3.05. The van der Waals surface area contributed by atoms with Crippen LogP contribution in [-0.2, 0) is 10.7 Å². The molecule has 1 aromatic rings. The van der Waals surface area contributed by atoms with Crippen LogP contribution < -0.4 is 5.73 Å². The molecule has 116 valence electrons. The Hall–Kier alpha value is -1.56. The zero-order chi connectivity index (χ0) is 15.8. The highest BCUT2D eigenvalue weighted by molar-refractivity contribution is 5.85. The van der Waals surface area contributed by atoms with Gasteiger partial charge >= 0.3 is 5.92 Å². The molecule has 1 fully saturated rings. The molecule has 0 radical (unpaired) electrons. The Morgan fingerprint density at radius 2 is 1.90 bits per heavy atom. The second-order valence-corrected chi connectivity index (χ2v) is 6.19. The second kappa shape index (κ2) is 5.33. The summed E-state index contributed by atoms with van der Waals surface area (Å²) in [6.07, 6.45) is 0.484. The van der Waals surface area contributed by atoms with E-state index in [1.807, 2.05) is 13.8 Å². The molecule has 0 aromatic heterocycles. The number of piperidine rings is 1. The molecular weight excluding hydrogens is 281 g/mol. The maximum atomic E-state index is 14.3. The van der Waals surface area contributed by atoms with Crippen LogP contribution in [0.25, 0.3) is 0 Å². The largest absolute Gasteiger partial charge is 0.349 e. The highest BCUT2D eigenvalue weighted by atomic mass is 19.3. The zero-order valence-electron chi connectivity index (χ0n) is 12.1. The highest BCUT2D eigenvalue weighted by Crippen LogP contribution is 2.34. The second-order valence-electron chi connectivity index (χ2n) is 6.19. The molecule has 1 aliphatic heterocycles. The number of nitrogens with zero attached hydrogens (tertiary/aromatic N) is 1. The highest BCUT2D eigenvalue weighted by Gasteiger charge is 2.47. The van der Waals surface area contributed by atoms with Crippen molar-refractivity contribution >= 4 is 5.91 Å². The lowest BCUT2D eigenvalue weighted by Crippen LogP contribution is -2.56. The van der Waals surface area contributed by atoms with Crippen LogP contribution in [0.15, 0.2) is 24.3 Å². The molecule has 2 N–H and O–H groups in total. The summed E-state index contributed by atoms with van der Waals surface area (Å²) in [4.78, 5) is 13.3. The Labute approximate surface area is 121 Å².